The molecular formula is C19H19FN4O2S. The number of H-pyrrole nitrogens is 1. The van der Waals surface area contributed by atoms with Crippen LogP contribution >= 0.6 is 0 Å². The topological polar surface area (TPSA) is 79.0 Å². The van der Waals surface area contributed by atoms with E-state index in [0.29, 0.717) is 13.1 Å². The van der Waals surface area contributed by atoms with E-state index in [4.69, 9.17) is 4.98 Å². The lowest BCUT2D eigenvalue weighted by Crippen LogP contribution is -2.39. The molecule has 8 heteroatoms. The van der Waals surface area contributed by atoms with E-state index < -0.39 is 10.0 Å². The van der Waals surface area contributed by atoms with Crippen LogP contribution < -0.4 is 0 Å². The molecular weight excluding hydrogens is 367 g/mol. The Hall–Kier alpha value is -2.58. The number of benzene rings is 1. The van der Waals surface area contributed by atoms with Gasteiger partial charge in [-0.15, -0.1) is 0 Å². The van der Waals surface area contributed by atoms with Crippen LogP contribution in [0.5, 0.6) is 0 Å². The highest BCUT2D eigenvalue weighted by molar-refractivity contribution is 7.89. The maximum Gasteiger partial charge on any atom is 0.246 e. The Kier molecular flexibility index (Phi) is 4.75. The van der Waals surface area contributed by atoms with E-state index in [2.05, 4.69) is 10.2 Å². The number of hydrogen-bond donors (Lipinski definition) is 1. The molecule has 1 fully saturated rings. The zero-order valence-electron chi connectivity index (χ0n) is 14.5. The van der Waals surface area contributed by atoms with Gasteiger partial charge in [0.05, 0.1) is 11.9 Å². The van der Waals surface area contributed by atoms with E-state index >= 15 is 0 Å². The molecule has 0 aliphatic carbocycles. The van der Waals surface area contributed by atoms with Gasteiger partial charge in [0, 0.05) is 36.5 Å². The lowest BCUT2D eigenvalue weighted by atomic mass is 9.95. The number of pyridine rings is 1. The van der Waals surface area contributed by atoms with Gasteiger partial charge in [0.2, 0.25) is 10.0 Å². The summed E-state index contributed by atoms with van der Waals surface area (Å²) in [7, 11) is -3.56. The lowest BCUT2D eigenvalue weighted by Gasteiger charge is -2.31. The lowest BCUT2D eigenvalue weighted by molar-refractivity contribution is 0.313. The molecule has 1 N–H and O–H groups in total. The van der Waals surface area contributed by atoms with Crippen molar-refractivity contribution < 1.29 is 12.8 Å². The summed E-state index contributed by atoms with van der Waals surface area (Å²) in [6.07, 6.45) is 4.36. The second-order valence-corrected chi connectivity index (χ2v) is 8.53. The van der Waals surface area contributed by atoms with Gasteiger partial charge in [-0.2, -0.15) is 9.40 Å². The van der Waals surface area contributed by atoms with Crippen molar-refractivity contribution in [1.82, 2.24) is 19.5 Å². The fraction of sp³-hybridized carbons (Fsp3) is 0.263. The minimum Gasteiger partial charge on any atom is -0.284 e. The van der Waals surface area contributed by atoms with Crippen molar-refractivity contribution in [3.8, 4) is 11.3 Å². The maximum atomic E-state index is 13.2. The second-order valence-electron chi connectivity index (χ2n) is 6.59. The third kappa shape index (κ3) is 3.63. The van der Waals surface area contributed by atoms with Crippen molar-refractivity contribution in [3.05, 3.63) is 66.4 Å². The zero-order valence-corrected chi connectivity index (χ0v) is 15.4. The molecule has 0 spiro atoms. The van der Waals surface area contributed by atoms with Crippen molar-refractivity contribution in [2.24, 2.45) is 0 Å². The number of nitrogens with zero attached hydrogens (tertiary/aromatic N) is 3. The summed E-state index contributed by atoms with van der Waals surface area (Å²) in [6.45, 7) is 0.870. The number of rotatable bonds is 4. The minimum atomic E-state index is -3.56. The van der Waals surface area contributed by atoms with Gasteiger partial charge in [0.15, 0.2) is 0 Å². The number of sulfonamides is 1. The van der Waals surface area contributed by atoms with Crippen LogP contribution in [0.1, 0.15) is 24.5 Å². The average molecular weight is 386 g/mol. The average Bonchev–Trinajstić information content (AvgIpc) is 3.25. The van der Waals surface area contributed by atoms with E-state index in [9.17, 15) is 12.8 Å². The van der Waals surface area contributed by atoms with Gasteiger partial charge in [-0.1, -0.05) is 6.07 Å². The van der Waals surface area contributed by atoms with Crippen molar-refractivity contribution in [3.63, 3.8) is 0 Å². The van der Waals surface area contributed by atoms with Gasteiger partial charge >= 0.3 is 0 Å². The molecule has 1 aromatic carbocycles. The van der Waals surface area contributed by atoms with Crippen LogP contribution in [0.15, 0.2) is 59.8 Å². The molecule has 1 atom stereocenters. The van der Waals surface area contributed by atoms with Crippen LogP contribution in [0, 0.1) is 5.82 Å². The molecule has 2 aromatic heterocycles. The molecule has 3 heterocycles. The van der Waals surface area contributed by atoms with E-state index in [0.717, 1.165) is 29.8 Å². The normalized spacial score (nSPS) is 18.5. The highest BCUT2D eigenvalue weighted by Crippen LogP contribution is 2.30. The molecule has 140 valence electrons. The first-order valence-electron chi connectivity index (χ1n) is 8.76. The fourth-order valence-corrected chi connectivity index (χ4v) is 4.82. The summed E-state index contributed by atoms with van der Waals surface area (Å²) < 4.78 is 40.2. The molecule has 0 unspecified atom stereocenters. The fourth-order valence-electron chi connectivity index (χ4n) is 3.39. The van der Waals surface area contributed by atoms with Crippen LogP contribution in [0.4, 0.5) is 4.39 Å². The first-order valence-corrected chi connectivity index (χ1v) is 10.2. The largest absolute Gasteiger partial charge is 0.284 e. The summed E-state index contributed by atoms with van der Waals surface area (Å²) in [5.74, 6) is -0.275. The first-order chi connectivity index (χ1) is 13.0. The monoisotopic (exact) mass is 386 g/mol. The summed E-state index contributed by atoms with van der Waals surface area (Å²) in [6, 6.07) is 11.9. The number of hydrogen-bond acceptors (Lipinski definition) is 4. The molecule has 0 radical (unpaired) electrons. The second kappa shape index (κ2) is 7.21. The zero-order chi connectivity index (χ0) is 18.9. The van der Waals surface area contributed by atoms with Gasteiger partial charge in [-0.05, 0) is 49.2 Å². The van der Waals surface area contributed by atoms with Crippen molar-refractivity contribution in [1.29, 1.82) is 0 Å². The SMILES string of the molecule is O=S(=O)(c1cn[nH]c1)N1CCC[C@@H](c2cccc(-c3ccc(F)cc3)n2)C1. The predicted molar refractivity (Wildman–Crippen MR) is 99.0 cm³/mol. The van der Waals surface area contributed by atoms with Gasteiger partial charge < -0.3 is 0 Å². The molecule has 1 saturated heterocycles. The van der Waals surface area contributed by atoms with Crippen LogP contribution in [-0.4, -0.2) is 41.0 Å². The molecule has 0 bridgehead atoms. The van der Waals surface area contributed by atoms with Crippen LogP contribution in [-0.2, 0) is 10.0 Å². The molecule has 4 rings (SSSR count). The van der Waals surface area contributed by atoms with Gasteiger partial charge in [-0.25, -0.2) is 12.8 Å². The molecule has 3 aromatic rings. The molecule has 1 aliphatic heterocycles. The number of halogens is 1. The standard InChI is InChI=1S/C19H19FN4O2S/c20-16-8-6-14(7-9-16)18-4-1-5-19(23-18)15-3-2-10-24(13-15)27(25,26)17-11-21-22-12-17/h1,4-9,11-12,15H,2-3,10,13H2,(H,21,22)/t15-/m1/s1. The first kappa shape index (κ1) is 17.8. The Balaban J connectivity index is 1.58. The van der Waals surface area contributed by atoms with E-state index in [1.54, 1.807) is 12.1 Å². The highest BCUT2D eigenvalue weighted by Gasteiger charge is 2.32. The minimum absolute atomic E-state index is 0.0147. The van der Waals surface area contributed by atoms with Gasteiger partial charge in [0.1, 0.15) is 10.7 Å². The summed E-state index contributed by atoms with van der Waals surface area (Å²) in [5, 5.41) is 6.29. The van der Waals surface area contributed by atoms with E-state index in [-0.39, 0.29) is 16.6 Å². The van der Waals surface area contributed by atoms with Crippen molar-refractivity contribution in [2.75, 3.05) is 13.1 Å². The Bertz CT molecular complexity index is 1020. The molecule has 1 aliphatic rings. The summed E-state index contributed by atoms with van der Waals surface area (Å²) in [4.78, 5) is 4.89. The number of aromatic nitrogens is 3. The van der Waals surface area contributed by atoms with Crippen molar-refractivity contribution in [2.45, 2.75) is 23.7 Å². The van der Waals surface area contributed by atoms with Crippen LogP contribution in [0.2, 0.25) is 0 Å². The van der Waals surface area contributed by atoms with Gasteiger partial charge in [-0.3, -0.25) is 10.1 Å². The third-order valence-electron chi connectivity index (χ3n) is 4.82. The summed E-state index contributed by atoms with van der Waals surface area (Å²) in [5.41, 5.74) is 2.43. The molecule has 0 amide bonds. The van der Waals surface area contributed by atoms with Crippen molar-refractivity contribution >= 4 is 10.0 Å². The third-order valence-corrected chi connectivity index (χ3v) is 6.65. The Morgan fingerprint density at radius 3 is 2.70 bits per heavy atom. The highest BCUT2D eigenvalue weighted by atomic mass is 32.2. The Labute approximate surface area is 157 Å². The quantitative estimate of drug-likeness (QED) is 0.747. The van der Waals surface area contributed by atoms with Crippen LogP contribution in [0.3, 0.4) is 0 Å². The summed E-state index contributed by atoms with van der Waals surface area (Å²) >= 11 is 0. The maximum absolute atomic E-state index is 13.2. The Morgan fingerprint density at radius 1 is 1.15 bits per heavy atom. The Morgan fingerprint density at radius 2 is 1.96 bits per heavy atom. The number of nitrogens with one attached hydrogen (secondary N) is 1. The van der Waals surface area contributed by atoms with Gasteiger partial charge in [0.25, 0.3) is 0 Å². The predicted octanol–water partition coefficient (Wildman–Crippen LogP) is 3.18. The smallest absolute Gasteiger partial charge is 0.246 e. The van der Waals surface area contributed by atoms with Crippen LogP contribution in [0.25, 0.3) is 11.3 Å². The molecule has 0 saturated carbocycles. The number of aromatic amines is 1. The van der Waals surface area contributed by atoms with E-state index in [1.807, 2.05) is 18.2 Å². The molecule has 27 heavy (non-hydrogen) atoms. The van der Waals surface area contributed by atoms with E-state index in [1.165, 1.54) is 28.8 Å². The molecule has 6 nitrogen and oxygen atoms in total. The number of piperidine rings is 1.